The molecule has 0 aromatic heterocycles. The molecule has 2 rings (SSSR count). The van der Waals surface area contributed by atoms with E-state index in [-0.39, 0.29) is 22.5 Å². The summed E-state index contributed by atoms with van der Waals surface area (Å²) in [5.74, 6) is -2.60. The molecule has 0 heterocycles. The van der Waals surface area contributed by atoms with Crippen molar-refractivity contribution in [1.82, 2.24) is 0 Å². The van der Waals surface area contributed by atoms with Crippen molar-refractivity contribution in [2.45, 2.75) is 0 Å². The molecule has 116 valence electrons. The molecule has 0 aliphatic carbocycles. The lowest BCUT2D eigenvalue weighted by Gasteiger charge is -2.18. The van der Waals surface area contributed by atoms with Crippen molar-refractivity contribution < 1.29 is 18.5 Å². The van der Waals surface area contributed by atoms with Crippen molar-refractivity contribution in [3.8, 4) is 6.07 Å². The zero-order valence-electron chi connectivity index (χ0n) is 11.8. The number of benzene rings is 2. The third kappa shape index (κ3) is 3.13. The number of rotatable bonds is 3. The number of anilines is 1. The minimum Gasteiger partial charge on any atom is -0.309 e. The molecule has 0 radical (unpaired) electrons. The van der Waals surface area contributed by atoms with Crippen LogP contribution in [0.2, 0.25) is 0 Å². The largest absolute Gasteiger partial charge is 0.309 e. The van der Waals surface area contributed by atoms with Crippen LogP contribution >= 0.6 is 0 Å². The Labute approximate surface area is 129 Å². The van der Waals surface area contributed by atoms with Crippen molar-refractivity contribution in [2.24, 2.45) is 0 Å². The molecule has 0 spiro atoms. The van der Waals surface area contributed by atoms with Crippen molar-refractivity contribution in [3.63, 3.8) is 0 Å². The molecule has 0 fully saturated rings. The van der Waals surface area contributed by atoms with Gasteiger partial charge in [-0.2, -0.15) is 5.26 Å². The van der Waals surface area contributed by atoms with Crippen LogP contribution in [0.4, 0.5) is 20.2 Å². The smallest absolute Gasteiger partial charge is 0.270 e. The quantitative estimate of drug-likeness (QED) is 0.643. The predicted octanol–water partition coefficient (Wildman–Crippen LogP) is 3.02. The Morgan fingerprint density at radius 1 is 1.26 bits per heavy atom. The molecule has 2 aromatic rings. The number of nitro groups is 1. The Kier molecular flexibility index (Phi) is 4.32. The van der Waals surface area contributed by atoms with Gasteiger partial charge in [0.25, 0.3) is 11.6 Å². The first-order valence-corrected chi connectivity index (χ1v) is 6.26. The fraction of sp³-hybridized carbons (Fsp3) is 0.0667. The first kappa shape index (κ1) is 16.0. The van der Waals surface area contributed by atoms with Crippen molar-refractivity contribution in [1.29, 1.82) is 5.26 Å². The summed E-state index contributed by atoms with van der Waals surface area (Å²) >= 11 is 0. The Bertz CT molecular complexity index is 846. The van der Waals surface area contributed by atoms with E-state index in [2.05, 4.69) is 0 Å². The van der Waals surface area contributed by atoms with Crippen LogP contribution in [-0.2, 0) is 0 Å². The third-order valence-electron chi connectivity index (χ3n) is 3.14. The van der Waals surface area contributed by atoms with E-state index in [4.69, 9.17) is 5.26 Å². The second-order valence-corrected chi connectivity index (χ2v) is 4.56. The third-order valence-corrected chi connectivity index (χ3v) is 3.14. The zero-order valence-corrected chi connectivity index (χ0v) is 11.8. The number of nitro benzene ring substituents is 1. The van der Waals surface area contributed by atoms with Gasteiger partial charge in [-0.3, -0.25) is 14.9 Å². The van der Waals surface area contributed by atoms with Crippen molar-refractivity contribution in [2.75, 3.05) is 11.9 Å². The number of carbonyl (C=O) groups excluding carboxylic acids is 1. The maximum absolute atomic E-state index is 13.8. The molecule has 0 aliphatic rings. The molecular formula is C15H9F2N3O3. The van der Waals surface area contributed by atoms with E-state index in [0.717, 1.165) is 35.2 Å². The Morgan fingerprint density at radius 2 is 1.96 bits per heavy atom. The van der Waals surface area contributed by atoms with Gasteiger partial charge in [-0.25, -0.2) is 8.78 Å². The maximum atomic E-state index is 13.8. The van der Waals surface area contributed by atoms with Gasteiger partial charge in [-0.1, -0.05) is 0 Å². The summed E-state index contributed by atoms with van der Waals surface area (Å²) in [5, 5.41) is 19.8. The van der Waals surface area contributed by atoms with E-state index < -0.39 is 22.5 Å². The highest BCUT2D eigenvalue weighted by molar-refractivity contribution is 6.07. The zero-order chi connectivity index (χ0) is 17.1. The molecular weight excluding hydrogens is 308 g/mol. The second kappa shape index (κ2) is 6.19. The fourth-order valence-corrected chi connectivity index (χ4v) is 1.96. The normalized spacial score (nSPS) is 10.0. The summed E-state index contributed by atoms with van der Waals surface area (Å²) in [6.07, 6.45) is 0. The van der Waals surface area contributed by atoms with Crippen molar-refractivity contribution in [3.05, 3.63) is 69.3 Å². The van der Waals surface area contributed by atoms with Gasteiger partial charge >= 0.3 is 0 Å². The molecule has 0 aliphatic heterocycles. The molecule has 0 bridgehead atoms. The molecule has 0 saturated carbocycles. The van der Waals surface area contributed by atoms with Gasteiger partial charge < -0.3 is 4.90 Å². The standard InChI is InChI=1S/C15H9F2N3O3/c1-19(14-5-3-10(16)6-13(14)17)15(21)12-7-11(20(22)23)4-2-9(12)8-18/h2-7H,1H3. The van der Waals surface area contributed by atoms with Crippen LogP contribution in [-0.4, -0.2) is 17.9 Å². The van der Waals surface area contributed by atoms with Gasteiger partial charge in [-0.05, 0) is 18.2 Å². The molecule has 1 amide bonds. The summed E-state index contributed by atoms with van der Waals surface area (Å²) < 4.78 is 26.7. The van der Waals surface area contributed by atoms with Gasteiger partial charge in [0.15, 0.2) is 0 Å². The van der Waals surface area contributed by atoms with Gasteiger partial charge in [0, 0.05) is 25.2 Å². The van der Waals surface area contributed by atoms with Gasteiger partial charge in [-0.15, -0.1) is 0 Å². The van der Waals surface area contributed by atoms with Gasteiger partial charge in [0.05, 0.1) is 27.8 Å². The van der Waals surface area contributed by atoms with Crippen LogP contribution in [0.5, 0.6) is 0 Å². The maximum Gasteiger partial charge on any atom is 0.270 e. The van der Waals surface area contributed by atoms with Crippen LogP contribution < -0.4 is 4.90 Å². The topological polar surface area (TPSA) is 87.2 Å². The molecule has 23 heavy (non-hydrogen) atoms. The SMILES string of the molecule is CN(C(=O)c1cc([N+](=O)[O-])ccc1C#N)c1ccc(F)cc1F. The van der Waals surface area contributed by atoms with E-state index in [1.807, 2.05) is 0 Å². The lowest BCUT2D eigenvalue weighted by atomic mass is 10.1. The number of non-ortho nitro benzene ring substituents is 1. The highest BCUT2D eigenvalue weighted by atomic mass is 19.1. The average molecular weight is 317 g/mol. The number of amides is 1. The second-order valence-electron chi connectivity index (χ2n) is 4.56. The van der Waals surface area contributed by atoms with E-state index in [0.29, 0.717) is 6.07 Å². The lowest BCUT2D eigenvalue weighted by Crippen LogP contribution is -2.28. The minimum absolute atomic E-state index is 0.0880. The molecule has 0 N–H and O–H groups in total. The number of halogens is 2. The fourth-order valence-electron chi connectivity index (χ4n) is 1.96. The van der Waals surface area contributed by atoms with Crippen LogP contribution in [0.25, 0.3) is 0 Å². The number of nitrogens with zero attached hydrogens (tertiary/aromatic N) is 3. The van der Waals surface area contributed by atoms with Gasteiger partial charge in [0.2, 0.25) is 0 Å². The first-order valence-electron chi connectivity index (χ1n) is 6.26. The summed E-state index contributed by atoms with van der Waals surface area (Å²) in [5.41, 5.74) is -0.921. The molecule has 0 unspecified atom stereocenters. The number of carbonyl (C=O) groups is 1. The summed E-state index contributed by atoms with van der Waals surface area (Å²) in [6.45, 7) is 0. The van der Waals surface area contributed by atoms with Crippen LogP contribution in [0.3, 0.4) is 0 Å². The Morgan fingerprint density at radius 3 is 2.52 bits per heavy atom. The first-order chi connectivity index (χ1) is 10.8. The van der Waals surface area contributed by atoms with E-state index in [9.17, 15) is 23.7 Å². The van der Waals surface area contributed by atoms with E-state index in [1.165, 1.54) is 7.05 Å². The number of nitriles is 1. The number of hydrogen-bond donors (Lipinski definition) is 0. The Balaban J connectivity index is 2.49. The average Bonchev–Trinajstić information content (AvgIpc) is 2.52. The monoisotopic (exact) mass is 317 g/mol. The van der Waals surface area contributed by atoms with Crippen LogP contribution in [0.15, 0.2) is 36.4 Å². The summed E-state index contributed by atoms with van der Waals surface area (Å²) in [7, 11) is 1.22. The number of hydrogen-bond acceptors (Lipinski definition) is 4. The van der Waals surface area contributed by atoms with Crippen LogP contribution in [0, 0.1) is 33.1 Å². The van der Waals surface area contributed by atoms with Crippen molar-refractivity contribution >= 4 is 17.3 Å². The molecule has 2 aromatic carbocycles. The highest BCUT2D eigenvalue weighted by Crippen LogP contribution is 2.24. The lowest BCUT2D eigenvalue weighted by molar-refractivity contribution is -0.384. The van der Waals surface area contributed by atoms with E-state index >= 15 is 0 Å². The minimum atomic E-state index is -0.968. The summed E-state index contributed by atoms with van der Waals surface area (Å²) in [6, 6.07) is 7.57. The summed E-state index contributed by atoms with van der Waals surface area (Å²) in [4.78, 5) is 23.4. The van der Waals surface area contributed by atoms with E-state index in [1.54, 1.807) is 6.07 Å². The Hall–Kier alpha value is -3.34. The molecule has 6 nitrogen and oxygen atoms in total. The predicted molar refractivity (Wildman–Crippen MR) is 76.9 cm³/mol. The molecule has 8 heteroatoms. The van der Waals surface area contributed by atoms with Crippen LogP contribution in [0.1, 0.15) is 15.9 Å². The molecule has 0 saturated heterocycles. The highest BCUT2D eigenvalue weighted by Gasteiger charge is 2.22. The molecule has 0 atom stereocenters. The van der Waals surface area contributed by atoms with Gasteiger partial charge in [0.1, 0.15) is 11.6 Å².